The molecule has 50 heavy (non-hydrogen) atoms. The SMILES string of the molecule is C#CC1CC1N(Cc1nc2c(F)cc(C#Cc3ccc(-c4cnc(CN(C(=O)OC(C)(C)C)C5CC5C)[nH]4)cc3)cc2[nH]1)C(=O)OC(C)(C)C. The van der Waals surface area contributed by atoms with Crippen LogP contribution >= 0.6 is 0 Å². The molecule has 0 radical (unpaired) electrons. The summed E-state index contributed by atoms with van der Waals surface area (Å²) in [5, 5.41) is 0. The van der Waals surface area contributed by atoms with Gasteiger partial charge in [0.2, 0.25) is 0 Å². The summed E-state index contributed by atoms with van der Waals surface area (Å²) in [5.41, 5.74) is 2.35. The number of amides is 2. The van der Waals surface area contributed by atoms with Crippen LogP contribution in [-0.2, 0) is 22.6 Å². The first-order valence-corrected chi connectivity index (χ1v) is 16.9. The summed E-state index contributed by atoms with van der Waals surface area (Å²) < 4.78 is 26.4. The fraction of sp³-hybridized carbons (Fsp3) is 0.436. The minimum Gasteiger partial charge on any atom is -0.444 e. The maximum absolute atomic E-state index is 15.2. The van der Waals surface area contributed by atoms with E-state index in [4.69, 9.17) is 15.9 Å². The molecule has 2 saturated carbocycles. The first-order valence-electron chi connectivity index (χ1n) is 16.9. The number of terminal acetylenes is 1. The lowest BCUT2D eigenvalue weighted by molar-refractivity contribution is 0.0194. The number of H-pyrrole nitrogens is 2. The van der Waals surface area contributed by atoms with Crippen LogP contribution in [0.25, 0.3) is 22.3 Å². The van der Waals surface area contributed by atoms with E-state index in [1.165, 1.54) is 6.07 Å². The zero-order valence-corrected chi connectivity index (χ0v) is 29.6. The van der Waals surface area contributed by atoms with Gasteiger partial charge in [-0.25, -0.2) is 23.9 Å². The normalized spacial score (nSPS) is 19.6. The average molecular weight is 679 g/mol. The van der Waals surface area contributed by atoms with E-state index in [-0.39, 0.29) is 36.2 Å². The summed E-state index contributed by atoms with van der Waals surface area (Å²) in [7, 11) is 0. The van der Waals surface area contributed by atoms with Crippen molar-refractivity contribution >= 4 is 23.2 Å². The lowest BCUT2D eigenvalue weighted by atomic mass is 10.1. The zero-order valence-electron chi connectivity index (χ0n) is 29.6. The van der Waals surface area contributed by atoms with Crippen LogP contribution in [0.3, 0.4) is 0 Å². The van der Waals surface area contributed by atoms with Crippen molar-refractivity contribution in [3.05, 3.63) is 71.2 Å². The van der Waals surface area contributed by atoms with Gasteiger partial charge in [-0.2, -0.15) is 0 Å². The molecule has 11 heteroatoms. The zero-order chi connectivity index (χ0) is 36.0. The quantitative estimate of drug-likeness (QED) is 0.197. The number of fused-ring (bicyclic) bond motifs is 1. The van der Waals surface area contributed by atoms with Gasteiger partial charge in [0.1, 0.15) is 28.4 Å². The van der Waals surface area contributed by atoms with Crippen molar-refractivity contribution in [2.24, 2.45) is 11.8 Å². The molecule has 2 N–H and O–H groups in total. The Kier molecular flexibility index (Phi) is 9.13. The Morgan fingerprint density at radius 3 is 2.08 bits per heavy atom. The lowest BCUT2D eigenvalue weighted by Gasteiger charge is -2.27. The number of rotatable bonds is 7. The molecule has 4 aromatic rings. The first kappa shape index (κ1) is 34.6. The predicted octanol–water partition coefficient (Wildman–Crippen LogP) is 7.40. The van der Waals surface area contributed by atoms with Crippen molar-refractivity contribution in [3.63, 3.8) is 0 Å². The van der Waals surface area contributed by atoms with Crippen LogP contribution < -0.4 is 0 Å². The molecule has 0 saturated heterocycles. The second-order valence-electron chi connectivity index (χ2n) is 15.2. The monoisotopic (exact) mass is 678 g/mol. The topological polar surface area (TPSA) is 116 Å². The minimum atomic E-state index is -0.673. The average Bonchev–Trinajstić information content (AvgIpc) is 3.85. The highest BCUT2D eigenvalue weighted by Crippen LogP contribution is 2.38. The number of benzene rings is 2. The van der Waals surface area contributed by atoms with Gasteiger partial charge in [-0.3, -0.25) is 9.80 Å². The first-order chi connectivity index (χ1) is 23.6. The summed E-state index contributed by atoms with van der Waals surface area (Å²) in [6.45, 7) is 13.6. The van der Waals surface area contributed by atoms with E-state index >= 15 is 4.39 Å². The van der Waals surface area contributed by atoms with E-state index in [9.17, 15) is 9.59 Å². The number of carbonyl (C=O) groups is 2. The number of nitrogens with one attached hydrogen (secondary N) is 2. The molecule has 260 valence electrons. The van der Waals surface area contributed by atoms with Gasteiger partial charge in [0.15, 0.2) is 5.82 Å². The Morgan fingerprint density at radius 1 is 0.900 bits per heavy atom. The summed E-state index contributed by atoms with van der Waals surface area (Å²) >= 11 is 0. The number of halogens is 1. The third kappa shape index (κ3) is 8.28. The molecule has 4 atom stereocenters. The number of nitrogens with zero attached hydrogens (tertiary/aromatic N) is 4. The molecule has 2 aliphatic rings. The second kappa shape index (κ2) is 13.2. The molecular weight excluding hydrogens is 635 g/mol. The van der Waals surface area contributed by atoms with Gasteiger partial charge < -0.3 is 19.4 Å². The van der Waals surface area contributed by atoms with Crippen LogP contribution in [0.5, 0.6) is 0 Å². The summed E-state index contributed by atoms with van der Waals surface area (Å²) in [6.07, 6.45) is 8.16. The Morgan fingerprint density at radius 2 is 1.50 bits per heavy atom. The molecule has 2 fully saturated rings. The highest BCUT2D eigenvalue weighted by atomic mass is 19.1. The van der Waals surface area contributed by atoms with Gasteiger partial charge in [-0.1, -0.05) is 30.9 Å². The predicted molar refractivity (Wildman–Crippen MR) is 188 cm³/mol. The minimum absolute atomic E-state index is 0.0470. The number of aromatic nitrogens is 4. The Bertz CT molecular complexity index is 2020. The van der Waals surface area contributed by atoms with Gasteiger partial charge in [-0.05, 0) is 90.1 Å². The second-order valence-corrected chi connectivity index (χ2v) is 15.2. The van der Waals surface area contributed by atoms with Gasteiger partial charge >= 0.3 is 12.2 Å². The van der Waals surface area contributed by atoms with Crippen LogP contribution in [0, 0.1) is 41.8 Å². The van der Waals surface area contributed by atoms with Crippen molar-refractivity contribution in [2.45, 2.75) is 97.7 Å². The highest BCUT2D eigenvalue weighted by molar-refractivity contribution is 5.78. The molecule has 0 spiro atoms. The van der Waals surface area contributed by atoms with Gasteiger partial charge in [0.05, 0.1) is 36.5 Å². The molecule has 2 aliphatic carbocycles. The van der Waals surface area contributed by atoms with E-state index in [0.29, 0.717) is 41.6 Å². The standard InChI is InChI=1S/C39H43FN6O4/c1-9-26-19-32(26)46(37(48)50-39(6,7)8)22-34-42-29-18-25(17-28(40)35(29)44-34)11-10-24-12-14-27(15-13-24)30-20-41-33(43-30)21-45(31-16-23(31)2)36(47)49-38(3,4)5/h1,12-15,17-18,20,23,26,31-32H,16,19,21-22H2,2-8H3,(H,41,43)(H,42,44). The summed E-state index contributed by atoms with van der Waals surface area (Å²) in [5.74, 6) is 9.82. The fourth-order valence-electron chi connectivity index (χ4n) is 5.78. The number of aromatic amines is 2. The molecule has 4 unspecified atom stereocenters. The smallest absolute Gasteiger partial charge is 0.410 e. The van der Waals surface area contributed by atoms with E-state index in [1.807, 2.05) is 45.0 Å². The third-order valence-corrected chi connectivity index (χ3v) is 8.50. The lowest BCUT2D eigenvalue weighted by Crippen LogP contribution is -2.38. The number of carbonyl (C=O) groups excluding carboxylic acids is 2. The highest BCUT2D eigenvalue weighted by Gasteiger charge is 2.45. The van der Waals surface area contributed by atoms with E-state index in [0.717, 1.165) is 23.2 Å². The summed E-state index contributed by atoms with van der Waals surface area (Å²) in [4.78, 5) is 44.6. The van der Waals surface area contributed by atoms with E-state index in [2.05, 4.69) is 44.6 Å². The van der Waals surface area contributed by atoms with Crippen LogP contribution in [0.1, 0.15) is 84.1 Å². The van der Waals surface area contributed by atoms with Crippen molar-refractivity contribution in [1.29, 1.82) is 0 Å². The van der Waals surface area contributed by atoms with Crippen molar-refractivity contribution < 1.29 is 23.5 Å². The maximum atomic E-state index is 15.2. The van der Waals surface area contributed by atoms with Crippen LogP contribution in [0.2, 0.25) is 0 Å². The maximum Gasteiger partial charge on any atom is 0.410 e. The van der Waals surface area contributed by atoms with Crippen LogP contribution in [-0.4, -0.2) is 65.2 Å². The Balaban J connectivity index is 1.13. The van der Waals surface area contributed by atoms with Gasteiger partial charge in [0.25, 0.3) is 0 Å². The van der Waals surface area contributed by atoms with Crippen LogP contribution in [0.4, 0.5) is 14.0 Å². The molecule has 2 amide bonds. The van der Waals surface area contributed by atoms with Gasteiger partial charge in [0, 0.05) is 23.1 Å². The van der Waals surface area contributed by atoms with E-state index < -0.39 is 23.1 Å². The molecule has 2 heterocycles. The van der Waals surface area contributed by atoms with Crippen molar-refractivity contribution in [1.82, 2.24) is 29.7 Å². The number of hydrogen-bond donors (Lipinski definition) is 2. The summed E-state index contributed by atoms with van der Waals surface area (Å²) in [6, 6.07) is 10.7. The molecule has 2 aromatic carbocycles. The largest absolute Gasteiger partial charge is 0.444 e. The molecular formula is C39H43FN6O4. The number of imidazole rings is 2. The van der Waals surface area contributed by atoms with Crippen LogP contribution in [0.15, 0.2) is 42.6 Å². The molecule has 10 nitrogen and oxygen atoms in total. The Labute approximate surface area is 292 Å². The van der Waals surface area contributed by atoms with Gasteiger partial charge in [-0.15, -0.1) is 12.3 Å². The molecule has 0 aliphatic heterocycles. The Hall–Kier alpha value is -5.29. The molecule has 6 rings (SSSR count). The number of ether oxygens (including phenoxy) is 2. The van der Waals surface area contributed by atoms with E-state index in [1.54, 1.807) is 42.8 Å². The molecule has 0 bridgehead atoms. The van der Waals surface area contributed by atoms with Crippen molar-refractivity contribution in [3.8, 4) is 35.4 Å². The van der Waals surface area contributed by atoms with Crippen molar-refractivity contribution in [2.75, 3.05) is 0 Å². The third-order valence-electron chi connectivity index (χ3n) is 8.50. The number of hydrogen-bond acceptors (Lipinski definition) is 6. The molecule has 2 aromatic heterocycles. The fourth-order valence-corrected chi connectivity index (χ4v) is 5.78.